The van der Waals surface area contributed by atoms with Crippen LogP contribution in [0.25, 0.3) is 0 Å². The Morgan fingerprint density at radius 2 is 1.57 bits per heavy atom. The van der Waals surface area contributed by atoms with Gasteiger partial charge in [-0.2, -0.15) is 0 Å². The van der Waals surface area contributed by atoms with Crippen molar-refractivity contribution in [3.63, 3.8) is 0 Å². The Balaban J connectivity index is 2.29. The highest BCUT2D eigenvalue weighted by Crippen LogP contribution is 2.26. The summed E-state index contributed by atoms with van der Waals surface area (Å²) in [6, 6.07) is 10.5. The van der Waals surface area contributed by atoms with Crippen LogP contribution in [0.2, 0.25) is 15.1 Å². The third-order valence-electron chi connectivity index (χ3n) is 3.15. The molecule has 2 N–H and O–H groups in total. The lowest BCUT2D eigenvalue weighted by molar-refractivity contribution is -0.137. The molecule has 0 saturated carbocycles. The third-order valence-corrected chi connectivity index (χ3v) is 4.03. The first-order valence-corrected chi connectivity index (χ1v) is 7.74. The molecule has 1 unspecified atom stereocenters. The van der Waals surface area contributed by atoms with Gasteiger partial charge in [0.15, 0.2) is 0 Å². The number of halogens is 3. The van der Waals surface area contributed by atoms with E-state index in [0.717, 1.165) is 0 Å². The molecular weight excluding hydrogens is 361 g/mol. The second-order valence-corrected chi connectivity index (χ2v) is 6.02. The number of carboxylic acids is 1. The van der Waals surface area contributed by atoms with E-state index in [9.17, 15) is 9.59 Å². The standard InChI is InChI=1S/C16H12Cl3NO3/c17-10-6-4-9(5-7-10)13(8-14(21)22)20-16(23)15-11(18)2-1-3-12(15)19/h1-7,13H,8H2,(H,20,23)(H,21,22). The number of aliphatic carboxylic acids is 1. The highest BCUT2D eigenvalue weighted by Gasteiger charge is 2.21. The first-order chi connectivity index (χ1) is 10.9. The quantitative estimate of drug-likeness (QED) is 0.806. The number of benzene rings is 2. The fourth-order valence-electron chi connectivity index (χ4n) is 2.07. The lowest BCUT2D eigenvalue weighted by Gasteiger charge is -2.18. The van der Waals surface area contributed by atoms with Gasteiger partial charge in [-0.1, -0.05) is 53.0 Å². The highest BCUT2D eigenvalue weighted by molar-refractivity contribution is 6.39. The molecule has 1 atom stereocenters. The Labute approximate surface area is 148 Å². The number of rotatable bonds is 5. The topological polar surface area (TPSA) is 66.4 Å². The van der Waals surface area contributed by atoms with E-state index in [-0.39, 0.29) is 22.0 Å². The van der Waals surface area contributed by atoms with Crippen LogP contribution in [-0.4, -0.2) is 17.0 Å². The molecule has 23 heavy (non-hydrogen) atoms. The molecule has 0 aromatic heterocycles. The number of carbonyl (C=O) groups is 2. The fourth-order valence-corrected chi connectivity index (χ4v) is 2.76. The zero-order valence-electron chi connectivity index (χ0n) is 11.7. The summed E-state index contributed by atoms with van der Waals surface area (Å²) < 4.78 is 0. The maximum absolute atomic E-state index is 12.4. The van der Waals surface area contributed by atoms with Crippen LogP contribution in [-0.2, 0) is 4.79 Å². The first kappa shape index (κ1) is 17.6. The Morgan fingerprint density at radius 3 is 2.09 bits per heavy atom. The molecule has 0 fully saturated rings. The summed E-state index contributed by atoms with van der Waals surface area (Å²) in [6.45, 7) is 0. The molecule has 0 aliphatic carbocycles. The summed E-state index contributed by atoms with van der Waals surface area (Å²) in [5.41, 5.74) is 0.730. The van der Waals surface area contributed by atoms with E-state index >= 15 is 0 Å². The van der Waals surface area contributed by atoms with E-state index in [4.69, 9.17) is 39.9 Å². The van der Waals surface area contributed by atoms with Crippen molar-refractivity contribution in [2.45, 2.75) is 12.5 Å². The molecule has 1 amide bonds. The number of carboxylic acid groups (broad SMARTS) is 1. The molecule has 4 nitrogen and oxygen atoms in total. The first-order valence-electron chi connectivity index (χ1n) is 6.60. The Morgan fingerprint density at radius 1 is 1.00 bits per heavy atom. The molecule has 0 saturated heterocycles. The van der Waals surface area contributed by atoms with Crippen molar-refractivity contribution in [1.29, 1.82) is 0 Å². The van der Waals surface area contributed by atoms with E-state index in [1.165, 1.54) is 12.1 Å². The maximum atomic E-state index is 12.4. The van der Waals surface area contributed by atoms with Crippen LogP contribution in [0.5, 0.6) is 0 Å². The van der Waals surface area contributed by atoms with Gasteiger partial charge in [-0.3, -0.25) is 9.59 Å². The number of hydrogen-bond acceptors (Lipinski definition) is 2. The van der Waals surface area contributed by atoms with Gasteiger partial charge in [0.2, 0.25) is 0 Å². The molecule has 0 radical (unpaired) electrons. The zero-order chi connectivity index (χ0) is 17.0. The summed E-state index contributed by atoms with van der Waals surface area (Å²) in [5, 5.41) is 12.6. The van der Waals surface area contributed by atoms with E-state index in [1.807, 2.05) is 0 Å². The van der Waals surface area contributed by atoms with E-state index in [2.05, 4.69) is 5.32 Å². The van der Waals surface area contributed by atoms with Crippen LogP contribution in [0.4, 0.5) is 0 Å². The predicted octanol–water partition coefficient (Wildman–Crippen LogP) is 4.59. The second-order valence-electron chi connectivity index (χ2n) is 4.77. The van der Waals surface area contributed by atoms with Gasteiger partial charge in [0.25, 0.3) is 5.91 Å². The van der Waals surface area contributed by atoms with Crippen LogP contribution in [0.3, 0.4) is 0 Å². The molecule has 2 rings (SSSR count). The van der Waals surface area contributed by atoms with Crippen molar-refractivity contribution in [1.82, 2.24) is 5.32 Å². The van der Waals surface area contributed by atoms with Crippen LogP contribution < -0.4 is 5.32 Å². The molecule has 120 valence electrons. The minimum Gasteiger partial charge on any atom is -0.481 e. The smallest absolute Gasteiger partial charge is 0.305 e. The minimum absolute atomic E-state index is 0.111. The number of carbonyl (C=O) groups excluding carboxylic acids is 1. The monoisotopic (exact) mass is 371 g/mol. The van der Waals surface area contributed by atoms with E-state index < -0.39 is 17.9 Å². The summed E-state index contributed by atoms with van der Waals surface area (Å²) in [7, 11) is 0. The summed E-state index contributed by atoms with van der Waals surface area (Å²) in [4.78, 5) is 23.5. The maximum Gasteiger partial charge on any atom is 0.305 e. The highest BCUT2D eigenvalue weighted by atomic mass is 35.5. The molecule has 7 heteroatoms. The normalized spacial score (nSPS) is 11.8. The van der Waals surface area contributed by atoms with Crippen LogP contribution >= 0.6 is 34.8 Å². The van der Waals surface area contributed by atoms with E-state index in [1.54, 1.807) is 30.3 Å². The number of hydrogen-bond donors (Lipinski definition) is 2. The van der Waals surface area contributed by atoms with Crippen molar-refractivity contribution in [3.05, 3.63) is 68.7 Å². The van der Waals surface area contributed by atoms with Crippen molar-refractivity contribution >= 4 is 46.7 Å². The Kier molecular flexibility index (Phi) is 5.88. The van der Waals surface area contributed by atoms with Crippen molar-refractivity contribution in [3.8, 4) is 0 Å². The van der Waals surface area contributed by atoms with Gasteiger partial charge in [0.1, 0.15) is 0 Å². The summed E-state index contributed by atoms with van der Waals surface area (Å²) >= 11 is 17.8. The minimum atomic E-state index is -1.05. The second kappa shape index (κ2) is 7.68. The zero-order valence-corrected chi connectivity index (χ0v) is 14.0. The van der Waals surface area contributed by atoms with Gasteiger partial charge >= 0.3 is 5.97 Å². The lowest BCUT2D eigenvalue weighted by atomic mass is 10.0. The molecule has 0 aliphatic heterocycles. The molecule has 0 bridgehead atoms. The Bertz CT molecular complexity index is 712. The molecular formula is C16H12Cl3NO3. The fraction of sp³-hybridized carbons (Fsp3) is 0.125. The Hall–Kier alpha value is -1.75. The van der Waals surface area contributed by atoms with Gasteiger partial charge in [0.05, 0.1) is 28.1 Å². The summed E-state index contributed by atoms with van der Waals surface area (Å²) in [5.74, 6) is -1.59. The van der Waals surface area contributed by atoms with Gasteiger partial charge in [-0.25, -0.2) is 0 Å². The van der Waals surface area contributed by atoms with E-state index in [0.29, 0.717) is 10.6 Å². The molecule has 0 spiro atoms. The third kappa shape index (κ3) is 4.61. The van der Waals surface area contributed by atoms with Crippen LogP contribution in [0.1, 0.15) is 28.4 Å². The largest absolute Gasteiger partial charge is 0.481 e. The lowest BCUT2D eigenvalue weighted by Crippen LogP contribution is -2.30. The number of amides is 1. The van der Waals surface area contributed by atoms with Crippen LogP contribution in [0.15, 0.2) is 42.5 Å². The SMILES string of the molecule is O=C(O)CC(NC(=O)c1c(Cl)cccc1Cl)c1ccc(Cl)cc1. The predicted molar refractivity (Wildman–Crippen MR) is 90.4 cm³/mol. The average Bonchev–Trinajstić information content (AvgIpc) is 2.46. The van der Waals surface area contributed by atoms with Crippen molar-refractivity contribution in [2.24, 2.45) is 0 Å². The van der Waals surface area contributed by atoms with Crippen molar-refractivity contribution in [2.75, 3.05) is 0 Å². The molecule has 2 aromatic rings. The van der Waals surface area contributed by atoms with Gasteiger partial charge in [-0.15, -0.1) is 0 Å². The molecule has 0 heterocycles. The van der Waals surface area contributed by atoms with Crippen LogP contribution in [0, 0.1) is 0 Å². The van der Waals surface area contributed by atoms with Crippen molar-refractivity contribution < 1.29 is 14.7 Å². The molecule has 0 aliphatic rings. The average molecular weight is 373 g/mol. The van der Waals surface area contributed by atoms with Gasteiger partial charge in [0, 0.05) is 5.02 Å². The summed E-state index contributed by atoms with van der Waals surface area (Å²) in [6.07, 6.45) is -0.282. The van der Waals surface area contributed by atoms with Gasteiger partial charge in [-0.05, 0) is 29.8 Å². The van der Waals surface area contributed by atoms with Gasteiger partial charge < -0.3 is 10.4 Å². The molecule has 2 aromatic carbocycles. The number of nitrogens with one attached hydrogen (secondary N) is 1.